The Bertz CT molecular complexity index is 2910. The van der Waals surface area contributed by atoms with Crippen LogP contribution in [0, 0.1) is 13.8 Å². The number of halogens is 6. The molecule has 0 spiro atoms. The van der Waals surface area contributed by atoms with Gasteiger partial charge in [-0.3, -0.25) is 19.6 Å². The van der Waals surface area contributed by atoms with Crippen LogP contribution in [0.3, 0.4) is 0 Å². The van der Waals surface area contributed by atoms with Gasteiger partial charge in [-0.05, 0) is 126 Å². The van der Waals surface area contributed by atoms with Gasteiger partial charge < -0.3 is 49.6 Å². The molecular formula is C58H62F6N8O8. The summed E-state index contributed by atoms with van der Waals surface area (Å²) in [7, 11) is 0. The summed E-state index contributed by atoms with van der Waals surface area (Å²) in [5, 5.41) is 25.0. The summed E-state index contributed by atoms with van der Waals surface area (Å²) in [5.74, 6) is -0.300. The minimum atomic E-state index is -4.55. The number of rotatable bonds is 12. The van der Waals surface area contributed by atoms with Gasteiger partial charge in [0.15, 0.2) is 0 Å². The van der Waals surface area contributed by atoms with E-state index in [0.717, 1.165) is 83.6 Å². The number of nitrogens with one attached hydrogen (secondary N) is 2. The average molecular weight is 1110 g/mol. The maximum absolute atomic E-state index is 13.1. The summed E-state index contributed by atoms with van der Waals surface area (Å²) >= 11 is 0. The van der Waals surface area contributed by atoms with Gasteiger partial charge in [0, 0.05) is 83.3 Å². The standard InChI is InChI=1S/2C29H31F3N4O4/c2*1-18-25(15-22(17-33-18)35-27(38)19-3-2-4-21(13-19)29(30,31)32)20-14-26(36-9-11-39-12-10-36)28(34-16-20)40-24-7-5-23(37)6-8-24/h2*2-4,13-17,23-24,37H,5-12H2,1H3,(H,35,38). The molecule has 2 saturated heterocycles. The maximum atomic E-state index is 13.1. The Morgan fingerprint density at radius 3 is 1.27 bits per heavy atom. The van der Waals surface area contributed by atoms with E-state index < -0.39 is 35.3 Å². The molecule has 80 heavy (non-hydrogen) atoms. The number of benzene rings is 2. The fourth-order valence-corrected chi connectivity index (χ4v) is 9.93. The molecule has 2 aliphatic heterocycles. The minimum absolute atomic E-state index is 0.0284. The van der Waals surface area contributed by atoms with Crippen molar-refractivity contribution < 1.29 is 65.1 Å². The second-order valence-corrected chi connectivity index (χ2v) is 20.2. The summed E-state index contributed by atoms with van der Waals surface area (Å²) in [4.78, 5) is 48.0. The predicted molar refractivity (Wildman–Crippen MR) is 287 cm³/mol. The van der Waals surface area contributed by atoms with Gasteiger partial charge >= 0.3 is 12.4 Å². The van der Waals surface area contributed by atoms with Crippen molar-refractivity contribution in [1.82, 2.24) is 19.9 Å². The highest BCUT2D eigenvalue weighted by Gasteiger charge is 2.33. The van der Waals surface area contributed by atoms with Gasteiger partial charge in [-0.15, -0.1) is 0 Å². The molecule has 10 rings (SSSR count). The first-order chi connectivity index (χ1) is 38.3. The van der Waals surface area contributed by atoms with E-state index >= 15 is 0 Å². The van der Waals surface area contributed by atoms with Crippen molar-refractivity contribution in [3.63, 3.8) is 0 Å². The molecule has 4 N–H and O–H groups in total. The van der Waals surface area contributed by atoms with E-state index in [4.69, 9.17) is 18.9 Å². The molecule has 6 aromatic rings. The molecule has 2 amide bonds. The predicted octanol–water partition coefficient (Wildman–Crippen LogP) is 10.5. The fourth-order valence-electron chi connectivity index (χ4n) is 9.93. The normalized spacial score (nSPS) is 19.8. The van der Waals surface area contributed by atoms with Gasteiger partial charge in [-0.2, -0.15) is 26.3 Å². The smallest absolute Gasteiger partial charge is 0.416 e. The molecule has 4 aromatic heterocycles. The van der Waals surface area contributed by atoms with Crippen LogP contribution in [0.2, 0.25) is 0 Å². The van der Waals surface area contributed by atoms with E-state index in [1.165, 1.54) is 36.7 Å². The number of morpholine rings is 2. The largest absolute Gasteiger partial charge is 0.473 e. The van der Waals surface area contributed by atoms with Crippen LogP contribution in [0.15, 0.2) is 97.6 Å². The number of ether oxygens (including phenoxy) is 4. The molecule has 0 atom stereocenters. The SMILES string of the molecule is Cc1ncc(NC(=O)c2cccc(C(F)(F)F)c2)cc1-c1cnc(OC2CCC(O)CC2)c(N2CCOCC2)c1.Cc1ncc(NC(=O)c2cccc(C(F)(F)F)c2)cc1-c1cnc(OC2CCC(O)CC2)c(N2CCOCC2)c1. The van der Waals surface area contributed by atoms with E-state index in [1.807, 2.05) is 26.0 Å². The quantitative estimate of drug-likeness (QED) is 0.0846. The Balaban J connectivity index is 0.000000194. The maximum Gasteiger partial charge on any atom is 0.416 e. The van der Waals surface area contributed by atoms with Crippen molar-refractivity contribution in [2.45, 2.75) is 102 Å². The second-order valence-electron chi connectivity index (χ2n) is 20.2. The number of carbonyl (C=O) groups is 2. The molecule has 2 aromatic carbocycles. The summed E-state index contributed by atoms with van der Waals surface area (Å²) in [6.07, 6.45) is 2.39. The Kier molecular flexibility index (Phi) is 18.2. The number of hydrogen-bond acceptors (Lipinski definition) is 14. The van der Waals surface area contributed by atoms with Crippen molar-refractivity contribution >= 4 is 34.6 Å². The number of amides is 2. The lowest BCUT2D eigenvalue weighted by atomic mass is 9.95. The second kappa shape index (κ2) is 25.4. The van der Waals surface area contributed by atoms with Crippen LogP contribution >= 0.6 is 0 Å². The van der Waals surface area contributed by atoms with Crippen LogP contribution in [0.1, 0.15) is 94.6 Å². The van der Waals surface area contributed by atoms with Crippen molar-refractivity contribution in [2.75, 3.05) is 73.0 Å². The van der Waals surface area contributed by atoms with Crippen molar-refractivity contribution in [3.05, 3.63) is 131 Å². The Labute approximate surface area is 458 Å². The molecule has 0 unspecified atom stereocenters. The summed E-state index contributed by atoms with van der Waals surface area (Å²) in [6.45, 7) is 8.69. The first-order valence-corrected chi connectivity index (χ1v) is 26.6. The van der Waals surface area contributed by atoms with Crippen molar-refractivity contribution in [3.8, 4) is 34.0 Å². The minimum Gasteiger partial charge on any atom is -0.473 e. The van der Waals surface area contributed by atoms with E-state index in [0.29, 0.717) is 113 Å². The number of alkyl halides is 6. The van der Waals surface area contributed by atoms with Gasteiger partial charge in [-0.25, -0.2) is 9.97 Å². The molecule has 2 aliphatic carbocycles. The number of aliphatic hydroxyl groups is 2. The number of aliphatic hydroxyl groups excluding tert-OH is 2. The number of nitrogens with zero attached hydrogens (tertiary/aromatic N) is 6. The molecule has 4 fully saturated rings. The highest BCUT2D eigenvalue weighted by molar-refractivity contribution is 6.05. The third-order valence-electron chi connectivity index (χ3n) is 14.4. The Morgan fingerprint density at radius 1 is 0.537 bits per heavy atom. The molecule has 0 bridgehead atoms. The molecule has 0 radical (unpaired) electrons. The van der Waals surface area contributed by atoms with Crippen molar-refractivity contribution in [2.24, 2.45) is 0 Å². The zero-order valence-electron chi connectivity index (χ0n) is 44.2. The highest BCUT2D eigenvalue weighted by atomic mass is 19.4. The van der Waals surface area contributed by atoms with Gasteiger partial charge in [0.1, 0.15) is 23.6 Å². The fraction of sp³-hybridized carbons (Fsp3) is 0.414. The van der Waals surface area contributed by atoms with Crippen LogP contribution < -0.4 is 29.9 Å². The third kappa shape index (κ3) is 14.7. The van der Waals surface area contributed by atoms with E-state index in [2.05, 4.69) is 40.4 Å². The van der Waals surface area contributed by atoms with Gasteiger partial charge in [0.2, 0.25) is 11.8 Å². The monoisotopic (exact) mass is 1110 g/mol. The number of pyridine rings is 4. The van der Waals surface area contributed by atoms with Crippen LogP contribution in [-0.4, -0.2) is 119 Å². The third-order valence-corrected chi connectivity index (χ3v) is 14.4. The van der Waals surface area contributed by atoms with Crippen LogP contribution in [0.25, 0.3) is 22.3 Å². The first-order valence-electron chi connectivity index (χ1n) is 26.6. The van der Waals surface area contributed by atoms with Gasteiger partial charge in [-0.1, -0.05) is 12.1 Å². The number of carbonyl (C=O) groups excluding carboxylic acids is 2. The summed E-state index contributed by atoms with van der Waals surface area (Å²) in [5.41, 5.74) is 4.68. The topological polar surface area (TPSA) is 194 Å². The van der Waals surface area contributed by atoms with Crippen LogP contribution in [0.5, 0.6) is 11.8 Å². The van der Waals surface area contributed by atoms with Gasteiger partial charge in [0.05, 0.1) is 73.5 Å². The lowest BCUT2D eigenvalue weighted by Crippen LogP contribution is -2.37. The van der Waals surface area contributed by atoms with Gasteiger partial charge in [0.25, 0.3) is 11.8 Å². The summed E-state index contributed by atoms with van der Waals surface area (Å²) in [6, 6.07) is 16.0. The molecule has 4 aliphatic rings. The lowest BCUT2D eigenvalue weighted by Gasteiger charge is -2.32. The molecule has 424 valence electrons. The van der Waals surface area contributed by atoms with E-state index in [-0.39, 0.29) is 35.5 Å². The molecule has 6 heterocycles. The van der Waals surface area contributed by atoms with E-state index in [1.54, 1.807) is 24.5 Å². The van der Waals surface area contributed by atoms with Crippen molar-refractivity contribution in [1.29, 1.82) is 0 Å². The van der Waals surface area contributed by atoms with E-state index in [9.17, 15) is 46.1 Å². The zero-order chi connectivity index (χ0) is 56.6. The summed E-state index contributed by atoms with van der Waals surface area (Å²) < 4.78 is 102. The molecular weight excluding hydrogens is 1050 g/mol. The highest BCUT2D eigenvalue weighted by Crippen LogP contribution is 2.39. The number of aryl methyl sites for hydroxylation is 2. The molecule has 16 nitrogen and oxygen atoms in total. The Morgan fingerprint density at radius 2 is 0.912 bits per heavy atom. The Hall–Kier alpha value is -7.40. The number of anilines is 4. The molecule has 2 saturated carbocycles. The number of hydrogen-bond donors (Lipinski definition) is 4. The first kappa shape index (κ1) is 57.3. The number of aromatic nitrogens is 4. The van der Waals surface area contributed by atoms with Crippen LogP contribution in [-0.2, 0) is 21.8 Å². The lowest BCUT2D eigenvalue weighted by molar-refractivity contribution is -0.138. The molecule has 22 heteroatoms. The average Bonchev–Trinajstić information content (AvgIpc) is 3.52. The zero-order valence-corrected chi connectivity index (χ0v) is 44.2. The van der Waals surface area contributed by atoms with Crippen LogP contribution in [0.4, 0.5) is 49.1 Å².